The van der Waals surface area contributed by atoms with E-state index in [2.05, 4.69) is 5.32 Å². The number of hydrogen-bond donors (Lipinski definition) is 1. The number of carbonyl (C=O) groups is 1. The van der Waals surface area contributed by atoms with E-state index in [-0.39, 0.29) is 6.10 Å². The lowest BCUT2D eigenvalue weighted by molar-refractivity contribution is -0.134. The summed E-state index contributed by atoms with van der Waals surface area (Å²) in [6, 6.07) is 9.97. The Balaban J connectivity index is 1.42. The molecule has 0 saturated carbocycles. The summed E-state index contributed by atoms with van der Waals surface area (Å²) < 4.78 is 5.99. The number of hydrogen-bond acceptors (Lipinski definition) is 3. The Hall–Kier alpha value is -1.55. The number of rotatable bonds is 4. The molecule has 0 radical (unpaired) electrons. The second-order valence-corrected chi connectivity index (χ2v) is 6.41. The molecule has 2 heterocycles. The van der Waals surface area contributed by atoms with Crippen LogP contribution in [0.2, 0.25) is 0 Å². The van der Waals surface area contributed by atoms with Crippen molar-refractivity contribution in [2.75, 3.05) is 26.2 Å². The van der Waals surface area contributed by atoms with Crippen LogP contribution in [0.5, 0.6) is 5.75 Å². The lowest BCUT2D eigenvalue weighted by atomic mass is 9.93. The highest BCUT2D eigenvalue weighted by atomic mass is 16.5. The molecular formula is C18H26N2O2. The Bertz CT molecular complexity index is 463. The van der Waals surface area contributed by atoms with E-state index in [9.17, 15) is 4.79 Å². The minimum Gasteiger partial charge on any atom is -0.490 e. The highest BCUT2D eigenvalue weighted by Crippen LogP contribution is 2.21. The van der Waals surface area contributed by atoms with Crippen molar-refractivity contribution in [2.24, 2.45) is 5.92 Å². The number of para-hydroxylation sites is 1. The lowest BCUT2D eigenvalue weighted by Crippen LogP contribution is -2.43. The average molecular weight is 302 g/mol. The number of likely N-dealkylation sites (tertiary alicyclic amines) is 1. The van der Waals surface area contributed by atoms with Crippen molar-refractivity contribution in [3.05, 3.63) is 30.3 Å². The van der Waals surface area contributed by atoms with Gasteiger partial charge in [-0.05, 0) is 44.0 Å². The van der Waals surface area contributed by atoms with Gasteiger partial charge in [0.25, 0.3) is 0 Å². The first-order valence-electron chi connectivity index (χ1n) is 8.51. The number of amides is 1. The fourth-order valence-corrected chi connectivity index (χ4v) is 3.38. The van der Waals surface area contributed by atoms with E-state index in [0.29, 0.717) is 11.8 Å². The van der Waals surface area contributed by atoms with Gasteiger partial charge in [0.15, 0.2) is 0 Å². The van der Waals surface area contributed by atoms with Crippen LogP contribution in [0.25, 0.3) is 0 Å². The summed E-state index contributed by atoms with van der Waals surface area (Å²) in [6.45, 7) is 3.79. The van der Waals surface area contributed by atoms with Gasteiger partial charge in [-0.2, -0.15) is 0 Å². The molecule has 1 N–H and O–H groups in total. The van der Waals surface area contributed by atoms with E-state index in [0.717, 1.165) is 64.0 Å². The van der Waals surface area contributed by atoms with Gasteiger partial charge in [-0.3, -0.25) is 4.79 Å². The predicted molar refractivity (Wildman–Crippen MR) is 86.9 cm³/mol. The molecule has 0 spiro atoms. The molecule has 0 aromatic heterocycles. The third kappa shape index (κ3) is 4.23. The van der Waals surface area contributed by atoms with Crippen molar-refractivity contribution in [3.63, 3.8) is 0 Å². The van der Waals surface area contributed by atoms with Crippen molar-refractivity contribution in [1.29, 1.82) is 0 Å². The summed E-state index contributed by atoms with van der Waals surface area (Å²) in [6.07, 6.45) is 5.12. The van der Waals surface area contributed by atoms with Gasteiger partial charge in [-0.15, -0.1) is 0 Å². The Morgan fingerprint density at radius 2 is 1.77 bits per heavy atom. The van der Waals surface area contributed by atoms with Crippen molar-refractivity contribution < 1.29 is 9.53 Å². The number of nitrogens with one attached hydrogen (secondary N) is 1. The Morgan fingerprint density at radius 3 is 2.45 bits per heavy atom. The van der Waals surface area contributed by atoms with Gasteiger partial charge < -0.3 is 15.0 Å². The summed E-state index contributed by atoms with van der Waals surface area (Å²) in [5.74, 6) is 1.85. The molecule has 0 unspecified atom stereocenters. The van der Waals surface area contributed by atoms with E-state index in [1.54, 1.807) is 0 Å². The van der Waals surface area contributed by atoms with Crippen LogP contribution in [0.3, 0.4) is 0 Å². The molecule has 0 aliphatic carbocycles. The van der Waals surface area contributed by atoms with Crippen LogP contribution >= 0.6 is 0 Å². The smallest absolute Gasteiger partial charge is 0.222 e. The van der Waals surface area contributed by atoms with Gasteiger partial charge in [-0.25, -0.2) is 0 Å². The Labute approximate surface area is 132 Å². The first-order valence-corrected chi connectivity index (χ1v) is 8.51. The Kier molecular flexibility index (Phi) is 5.33. The van der Waals surface area contributed by atoms with Crippen LogP contribution in [0.1, 0.15) is 32.1 Å². The molecule has 0 atom stereocenters. The van der Waals surface area contributed by atoms with Crippen molar-refractivity contribution in [1.82, 2.24) is 10.2 Å². The highest BCUT2D eigenvalue weighted by Gasteiger charge is 2.26. The van der Waals surface area contributed by atoms with Gasteiger partial charge in [0, 0.05) is 32.4 Å². The minimum absolute atomic E-state index is 0.241. The van der Waals surface area contributed by atoms with Gasteiger partial charge in [0.1, 0.15) is 11.9 Å². The number of carbonyl (C=O) groups excluding carboxylic acids is 1. The van der Waals surface area contributed by atoms with Crippen LogP contribution < -0.4 is 10.1 Å². The molecule has 22 heavy (non-hydrogen) atoms. The van der Waals surface area contributed by atoms with E-state index in [1.807, 2.05) is 35.2 Å². The number of piperidine rings is 2. The third-order valence-corrected chi connectivity index (χ3v) is 4.76. The van der Waals surface area contributed by atoms with Gasteiger partial charge >= 0.3 is 0 Å². The fourth-order valence-electron chi connectivity index (χ4n) is 3.38. The summed E-state index contributed by atoms with van der Waals surface area (Å²) in [4.78, 5) is 14.4. The van der Waals surface area contributed by atoms with Crippen LogP contribution in [-0.4, -0.2) is 43.1 Å². The summed E-state index contributed by atoms with van der Waals surface area (Å²) in [5, 5.41) is 3.36. The molecule has 1 amide bonds. The highest BCUT2D eigenvalue weighted by molar-refractivity contribution is 5.76. The molecule has 3 rings (SSSR count). The molecule has 2 aliphatic heterocycles. The van der Waals surface area contributed by atoms with E-state index < -0.39 is 0 Å². The van der Waals surface area contributed by atoms with Crippen LogP contribution in [0.15, 0.2) is 30.3 Å². The third-order valence-electron chi connectivity index (χ3n) is 4.76. The van der Waals surface area contributed by atoms with E-state index in [4.69, 9.17) is 4.74 Å². The summed E-state index contributed by atoms with van der Waals surface area (Å²) in [7, 11) is 0. The number of benzene rings is 1. The largest absolute Gasteiger partial charge is 0.490 e. The average Bonchev–Trinajstić information content (AvgIpc) is 2.57. The van der Waals surface area contributed by atoms with Crippen molar-refractivity contribution in [3.8, 4) is 5.75 Å². The van der Waals surface area contributed by atoms with Gasteiger partial charge in [0.2, 0.25) is 5.91 Å². The number of nitrogens with zero attached hydrogens (tertiary/aromatic N) is 1. The molecule has 4 nitrogen and oxygen atoms in total. The zero-order valence-corrected chi connectivity index (χ0v) is 13.2. The molecule has 1 aromatic carbocycles. The maximum atomic E-state index is 12.4. The summed E-state index contributed by atoms with van der Waals surface area (Å²) >= 11 is 0. The zero-order valence-electron chi connectivity index (χ0n) is 13.2. The first kappa shape index (κ1) is 15.3. The number of ether oxygens (including phenoxy) is 1. The molecule has 120 valence electrons. The fraction of sp³-hybridized carbons (Fsp3) is 0.611. The monoisotopic (exact) mass is 302 g/mol. The van der Waals surface area contributed by atoms with Gasteiger partial charge in [0.05, 0.1) is 0 Å². The minimum atomic E-state index is 0.241. The van der Waals surface area contributed by atoms with Crippen LogP contribution in [-0.2, 0) is 4.79 Å². The second kappa shape index (κ2) is 7.63. The topological polar surface area (TPSA) is 41.6 Å². The van der Waals surface area contributed by atoms with Crippen LogP contribution in [0, 0.1) is 5.92 Å². The van der Waals surface area contributed by atoms with Crippen LogP contribution in [0.4, 0.5) is 0 Å². The van der Waals surface area contributed by atoms with Crippen molar-refractivity contribution >= 4 is 5.91 Å². The molecule has 1 aromatic rings. The predicted octanol–water partition coefficient (Wildman–Crippen LogP) is 2.45. The zero-order chi connectivity index (χ0) is 15.2. The van der Waals surface area contributed by atoms with Gasteiger partial charge in [-0.1, -0.05) is 18.2 Å². The molecule has 2 saturated heterocycles. The summed E-state index contributed by atoms with van der Waals surface area (Å²) in [5.41, 5.74) is 0. The second-order valence-electron chi connectivity index (χ2n) is 6.41. The maximum Gasteiger partial charge on any atom is 0.222 e. The quantitative estimate of drug-likeness (QED) is 0.929. The SMILES string of the molecule is O=C(CC1CCNCC1)N1CCC(Oc2ccccc2)CC1. The molecular weight excluding hydrogens is 276 g/mol. The van der Waals surface area contributed by atoms with Crippen molar-refractivity contribution in [2.45, 2.75) is 38.2 Å². The lowest BCUT2D eigenvalue weighted by Gasteiger charge is -2.33. The first-order chi connectivity index (χ1) is 10.8. The molecule has 2 aliphatic rings. The van der Waals surface area contributed by atoms with E-state index in [1.165, 1.54) is 0 Å². The maximum absolute atomic E-state index is 12.4. The van der Waals surface area contributed by atoms with E-state index >= 15 is 0 Å². The molecule has 4 heteroatoms. The molecule has 2 fully saturated rings. The standard InChI is InChI=1S/C18H26N2O2/c21-18(14-15-6-10-19-11-7-15)20-12-8-17(9-13-20)22-16-4-2-1-3-5-16/h1-5,15,17,19H,6-14H2. The normalized spacial score (nSPS) is 20.8. The molecule has 0 bridgehead atoms. The Morgan fingerprint density at radius 1 is 1.09 bits per heavy atom.